The molecular weight excluding hydrogens is 342 g/mol. The van der Waals surface area contributed by atoms with E-state index < -0.39 is 16.0 Å². The fourth-order valence-electron chi connectivity index (χ4n) is 2.39. The smallest absolute Gasteiger partial charge is 0.341 e. The van der Waals surface area contributed by atoms with Gasteiger partial charge in [0.25, 0.3) is 0 Å². The van der Waals surface area contributed by atoms with Crippen molar-refractivity contribution in [2.24, 2.45) is 0 Å². The molecule has 0 heterocycles. The lowest BCUT2D eigenvalue weighted by molar-refractivity contribution is -0.139. The zero-order valence-corrected chi connectivity index (χ0v) is 15.7. The number of carbonyl (C=O) groups is 1. The van der Waals surface area contributed by atoms with Gasteiger partial charge in [0.15, 0.2) is 6.61 Å². The molecule has 0 spiro atoms. The van der Waals surface area contributed by atoms with Gasteiger partial charge in [0, 0.05) is 6.54 Å². The second-order valence-electron chi connectivity index (χ2n) is 6.06. The highest BCUT2D eigenvalue weighted by Crippen LogP contribution is 2.12. The zero-order chi connectivity index (χ0) is 18.5. The largest absolute Gasteiger partial charge is 0.482 e. The fourth-order valence-corrected chi connectivity index (χ4v) is 3.53. The van der Waals surface area contributed by atoms with Crippen LogP contribution in [-0.2, 0) is 21.2 Å². The third-order valence-corrected chi connectivity index (χ3v) is 5.26. The number of carboxylic acid groups (broad SMARTS) is 1. The van der Waals surface area contributed by atoms with Crippen LogP contribution in [0.25, 0.3) is 0 Å². The van der Waals surface area contributed by atoms with E-state index in [1.807, 2.05) is 0 Å². The van der Waals surface area contributed by atoms with E-state index in [0.717, 1.165) is 18.4 Å². The van der Waals surface area contributed by atoms with E-state index in [9.17, 15) is 13.2 Å². The SMILES string of the molecule is CCCCCCCCS(=O)(=O)NCCc1ccc(OCC(=O)O)cc1. The monoisotopic (exact) mass is 371 g/mol. The molecule has 0 atom stereocenters. The molecule has 0 amide bonds. The Morgan fingerprint density at radius 1 is 1.08 bits per heavy atom. The van der Waals surface area contributed by atoms with E-state index in [-0.39, 0.29) is 12.4 Å². The summed E-state index contributed by atoms with van der Waals surface area (Å²) in [6, 6.07) is 6.98. The Hall–Kier alpha value is -1.60. The second-order valence-corrected chi connectivity index (χ2v) is 7.98. The summed E-state index contributed by atoms with van der Waals surface area (Å²) in [5, 5.41) is 8.55. The Kier molecular flexibility index (Phi) is 10.2. The first-order valence-electron chi connectivity index (χ1n) is 8.84. The molecule has 1 rings (SSSR count). The van der Waals surface area contributed by atoms with Gasteiger partial charge in [-0.3, -0.25) is 0 Å². The molecule has 0 aliphatic rings. The summed E-state index contributed by atoms with van der Waals surface area (Å²) in [7, 11) is -3.21. The van der Waals surface area contributed by atoms with E-state index in [4.69, 9.17) is 9.84 Å². The third kappa shape index (κ3) is 10.8. The van der Waals surface area contributed by atoms with Crippen LogP contribution >= 0.6 is 0 Å². The van der Waals surface area contributed by atoms with Crippen molar-refractivity contribution >= 4 is 16.0 Å². The van der Waals surface area contributed by atoms with Gasteiger partial charge in [-0.15, -0.1) is 0 Å². The Bertz CT molecular complexity index is 598. The first kappa shape index (κ1) is 21.4. The van der Waals surface area contributed by atoms with Gasteiger partial charge in [-0.25, -0.2) is 17.9 Å². The molecule has 6 nitrogen and oxygen atoms in total. The summed E-state index contributed by atoms with van der Waals surface area (Å²) in [4.78, 5) is 10.4. The highest BCUT2D eigenvalue weighted by molar-refractivity contribution is 7.89. The molecule has 2 N–H and O–H groups in total. The summed E-state index contributed by atoms with van der Waals surface area (Å²) in [5.74, 6) is -0.361. The van der Waals surface area contributed by atoms with Crippen LogP contribution in [0.4, 0.5) is 0 Å². The molecule has 0 aliphatic heterocycles. The molecule has 0 saturated carbocycles. The average molecular weight is 371 g/mol. The minimum absolute atomic E-state index is 0.182. The highest BCUT2D eigenvalue weighted by Gasteiger charge is 2.09. The standard InChI is InChI=1S/C18H29NO5S/c1-2-3-4-5-6-7-14-25(22,23)19-13-12-16-8-10-17(11-9-16)24-15-18(20)21/h8-11,19H,2-7,12-15H2,1H3,(H,20,21). The molecule has 0 fully saturated rings. The third-order valence-electron chi connectivity index (χ3n) is 3.79. The summed E-state index contributed by atoms with van der Waals surface area (Å²) in [6.45, 7) is 2.14. The number of ether oxygens (including phenoxy) is 1. The highest BCUT2D eigenvalue weighted by atomic mass is 32.2. The predicted octanol–water partition coefficient (Wildman–Crippen LogP) is 2.97. The quantitative estimate of drug-likeness (QED) is 0.491. The van der Waals surface area contributed by atoms with Crippen LogP contribution in [0.5, 0.6) is 5.75 Å². The van der Waals surface area contributed by atoms with E-state index in [2.05, 4.69) is 11.6 Å². The van der Waals surface area contributed by atoms with Gasteiger partial charge in [0.05, 0.1) is 5.75 Å². The van der Waals surface area contributed by atoms with Crippen LogP contribution in [-0.4, -0.2) is 38.4 Å². The lowest BCUT2D eigenvalue weighted by Gasteiger charge is -2.08. The van der Waals surface area contributed by atoms with Crippen LogP contribution < -0.4 is 9.46 Å². The van der Waals surface area contributed by atoms with E-state index in [0.29, 0.717) is 25.1 Å². The second kappa shape index (κ2) is 11.9. The Morgan fingerprint density at radius 2 is 1.72 bits per heavy atom. The number of hydrogen-bond acceptors (Lipinski definition) is 4. The molecule has 0 unspecified atom stereocenters. The number of benzene rings is 1. The number of hydrogen-bond donors (Lipinski definition) is 2. The summed E-state index contributed by atoms with van der Waals surface area (Å²) >= 11 is 0. The molecule has 0 saturated heterocycles. The van der Waals surface area contributed by atoms with Crippen molar-refractivity contribution in [3.05, 3.63) is 29.8 Å². The Balaban J connectivity index is 2.23. The van der Waals surface area contributed by atoms with Crippen molar-refractivity contribution in [2.75, 3.05) is 18.9 Å². The first-order chi connectivity index (χ1) is 11.9. The molecule has 0 aliphatic carbocycles. The summed E-state index contributed by atoms with van der Waals surface area (Å²) in [6.07, 6.45) is 6.91. The predicted molar refractivity (Wildman–Crippen MR) is 98.4 cm³/mol. The first-order valence-corrected chi connectivity index (χ1v) is 10.5. The topological polar surface area (TPSA) is 92.7 Å². The average Bonchev–Trinajstić information content (AvgIpc) is 2.57. The minimum Gasteiger partial charge on any atom is -0.482 e. The zero-order valence-electron chi connectivity index (χ0n) is 14.9. The number of rotatable bonds is 14. The summed E-state index contributed by atoms with van der Waals surface area (Å²) < 4.78 is 31.5. The normalized spacial score (nSPS) is 11.4. The number of carboxylic acids is 1. The van der Waals surface area contributed by atoms with Crippen molar-refractivity contribution in [1.29, 1.82) is 0 Å². The van der Waals surface area contributed by atoms with Crippen LogP contribution in [0.15, 0.2) is 24.3 Å². The van der Waals surface area contributed by atoms with Crippen LogP contribution in [0.3, 0.4) is 0 Å². The Labute approximate surface area is 150 Å². The van der Waals surface area contributed by atoms with Crippen molar-refractivity contribution in [3.8, 4) is 5.75 Å². The molecule has 0 bridgehead atoms. The van der Waals surface area contributed by atoms with E-state index in [1.54, 1.807) is 24.3 Å². The molecule has 25 heavy (non-hydrogen) atoms. The van der Waals surface area contributed by atoms with Gasteiger partial charge in [-0.1, -0.05) is 51.2 Å². The molecule has 1 aromatic rings. The molecule has 0 radical (unpaired) electrons. The number of sulfonamides is 1. The van der Waals surface area contributed by atoms with Gasteiger partial charge in [0.2, 0.25) is 10.0 Å². The van der Waals surface area contributed by atoms with E-state index in [1.165, 1.54) is 19.3 Å². The van der Waals surface area contributed by atoms with E-state index >= 15 is 0 Å². The lowest BCUT2D eigenvalue weighted by Crippen LogP contribution is -2.28. The van der Waals surface area contributed by atoms with Gasteiger partial charge < -0.3 is 9.84 Å². The lowest BCUT2D eigenvalue weighted by atomic mass is 10.1. The molecular formula is C18H29NO5S. The van der Waals surface area contributed by atoms with Gasteiger partial charge in [0.1, 0.15) is 5.75 Å². The van der Waals surface area contributed by atoms with Gasteiger partial charge >= 0.3 is 5.97 Å². The molecule has 0 aromatic heterocycles. The minimum atomic E-state index is -3.21. The maximum Gasteiger partial charge on any atom is 0.341 e. The van der Waals surface area contributed by atoms with Crippen LogP contribution in [0, 0.1) is 0 Å². The Morgan fingerprint density at radius 3 is 2.36 bits per heavy atom. The van der Waals surface area contributed by atoms with Crippen LogP contribution in [0.1, 0.15) is 51.0 Å². The van der Waals surface area contributed by atoms with Crippen molar-refractivity contribution in [3.63, 3.8) is 0 Å². The van der Waals surface area contributed by atoms with Crippen molar-refractivity contribution < 1.29 is 23.1 Å². The van der Waals surface area contributed by atoms with Crippen LogP contribution in [0.2, 0.25) is 0 Å². The maximum atomic E-state index is 11.9. The summed E-state index contributed by atoms with van der Waals surface area (Å²) in [5.41, 5.74) is 0.963. The number of aliphatic carboxylic acids is 1. The van der Waals surface area contributed by atoms with Crippen molar-refractivity contribution in [1.82, 2.24) is 4.72 Å². The van der Waals surface area contributed by atoms with Gasteiger partial charge in [-0.05, 0) is 30.5 Å². The van der Waals surface area contributed by atoms with Gasteiger partial charge in [-0.2, -0.15) is 0 Å². The molecule has 7 heteroatoms. The maximum absolute atomic E-state index is 11.9. The molecule has 1 aromatic carbocycles. The number of unbranched alkanes of at least 4 members (excludes halogenated alkanes) is 5. The molecule has 142 valence electrons. The fraction of sp³-hybridized carbons (Fsp3) is 0.611. The number of nitrogens with one attached hydrogen (secondary N) is 1. The van der Waals surface area contributed by atoms with Crippen molar-refractivity contribution in [2.45, 2.75) is 51.9 Å².